The van der Waals surface area contributed by atoms with Gasteiger partial charge in [0.15, 0.2) is 11.5 Å². The summed E-state index contributed by atoms with van der Waals surface area (Å²) in [6.07, 6.45) is 0. The van der Waals surface area contributed by atoms with Crippen LogP contribution in [-0.2, 0) is 4.79 Å². The van der Waals surface area contributed by atoms with Crippen molar-refractivity contribution in [3.8, 4) is 11.5 Å². The van der Waals surface area contributed by atoms with E-state index in [9.17, 15) is 4.79 Å². The van der Waals surface area contributed by atoms with Crippen LogP contribution >= 0.6 is 11.6 Å². The number of hydrogen-bond donors (Lipinski definition) is 0. The van der Waals surface area contributed by atoms with Crippen LogP contribution in [-0.4, -0.2) is 38.0 Å². The van der Waals surface area contributed by atoms with Gasteiger partial charge in [0.1, 0.15) is 5.88 Å². The molecule has 0 N–H and O–H groups in total. The van der Waals surface area contributed by atoms with Crippen LogP contribution in [0.2, 0.25) is 0 Å². The van der Waals surface area contributed by atoms with Crippen molar-refractivity contribution in [2.75, 3.05) is 27.1 Å². The molecular formula is C13H18ClNO3. The summed E-state index contributed by atoms with van der Waals surface area (Å²) < 4.78 is 10.4. The highest BCUT2D eigenvalue weighted by Crippen LogP contribution is 2.31. The maximum atomic E-state index is 11.5. The largest absolute Gasteiger partial charge is 0.493 e. The Labute approximate surface area is 112 Å². The Kier molecular flexibility index (Phi) is 5.28. The topological polar surface area (TPSA) is 38.8 Å². The Morgan fingerprint density at radius 3 is 2.44 bits per heavy atom. The van der Waals surface area contributed by atoms with Gasteiger partial charge in [-0.15, -0.1) is 11.6 Å². The van der Waals surface area contributed by atoms with Crippen molar-refractivity contribution in [2.24, 2.45) is 0 Å². The number of rotatable bonds is 5. The number of hydrogen-bond acceptors (Lipinski definition) is 3. The van der Waals surface area contributed by atoms with Crippen LogP contribution in [0.15, 0.2) is 18.2 Å². The van der Waals surface area contributed by atoms with Gasteiger partial charge in [0, 0.05) is 7.05 Å². The summed E-state index contributed by atoms with van der Waals surface area (Å²) in [6.45, 7) is 1.94. The highest BCUT2D eigenvalue weighted by atomic mass is 35.5. The summed E-state index contributed by atoms with van der Waals surface area (Å²) in [5, 5.41) is 0. The van der Waals surface area contributed by atoms with Gasteiger partial charge in [-0.1, -0.05) is 6.07 Å². The number of benzene rings is 1. The van der Waals surface area contributed by atoms with E-state index < -0.39 is 0 Å². The fraction of sp³-hybridized carbons (Fsp3) is 0.462. The fourth-order valence-electron chi connectivity index (χ4n) is 1.65. The molecule has 0 aliphatic rings. The molecular weight excluding hydrogens is 254 g/mol. The molecule has 1 rings (SSSR count). The van der Waals surface area contributed by atoms with Gasteiger partial charge in [-0.3, -0.25) is 4.79 Å². The van der Waals surface area contributed by atoms with Gasteiger partial charge in [-0.25, -0.2) is 0 Å². The second-order valence-electron chi connectivity index (χ2n) is 3.93. The molecule has 1 aromatic carbocycles. The molecule has 0 fully saturated rings. The minimum Gasteiger partial charge on any atom is -0.493 e. The molecule has 0 aliphatic carbocycles. The molecule has 1 amide bonds. The molecule has 18 heavy (non-hydrogen) atoms. The van der Waals surface area contributed by atoms with E-state index in [2.05, 4.69) is 0 Å². The van der Waals surface area contributed by atoms with E-state index in [0.717, 1.165) is 5.56 Å². The lowest BCUT2D eigenvalue weighted by atomic mass is 10.1. The van der Waals surface area contributed by atoms with E-state index in [0.29, 0.717) is 11.5 Å². The molecule has 100 valence electrons. The second kappa shape index (κ2) is 6.50. The Balaban J connectivity index is 2.99. The lowest BCUT2D eigenvalue weighted by Gasteiger charge is -2.25. The molecule has 0 aliphatic heterocycles. The van der Waals surface area contributed by atoms with Crippen molar-refractivity contribution in [3.05, 3.63) is 23.8 Å². The zero-order chi connectivity index (χ0) is 13.7. The predicted molar refractivity (Wildman–Crippen MR) is 71.5 cm³/mol. The normalized spacial score (nSPS) is 11.8. The molecule has 0 saturated carbocycles. The number of amides is 1. The minimum atomic E-state index is -0.112. The Morgan fingerprint density at radius 1 is 1.33 bits per heavy atom. The predicted octanol–water partition coefficient (Wildman–Crippen LogP) is 2.46. The maximum Gasteiger partial charge on any atom is 0.237 e. The number of halogens is 1. The lowest BCUT2D eigenvalue weighted by Crippen LogP contribution is -2.30. The third kappa shape index (κ3) is 3.07. The summed E-state index contributed by atoms with van der Waals surface area (Å²) in [5.41, 5.74) is 0.966. The van der Waals surface area contributed by atoms with Crippen LogP contribution in [0.1, 0.15) is 18.5 Å². The molecule has 1 unspecified atom stereocenters. The van der Waals surface area contributed by atoms with Crippen LogP contribution in [0.5, 0.6) is 11.5 Å². The first-order valence-corrected chi connectivity index (χ1v) is 6.12. The zero-order valence-electron chi connectivity index (χ0n) is 11.1. The zero-order valence-corrected chi connectivity index (χ0v) is 11.8. The van der Waals surface area contributed by atoms with Gasteiger partial charge in [0.05, 0.1) is 20.3 Å². The van der Waals surface area contributed by atoms with Gasteiger partial charge in [-0.2, -0.15) is 0 Å². The smallest absolute Gasteiger partial charge is 0.237 e. The molecule has 1 aromatic rings. The molecule has 0 bridgehead atoms. The first-order chi connectivity index (χ1) is 8.54. The quantitative estimate of drug-likeness (QED) is 0.772. The first-order valence-electron chi connectivity index (χ1n) is 5.58. The van der Waals surface area contributed by atoms with Crippen molar-refractivity contribution < 1.29 is 14.3 Å². The SMILES string of the molecule is COc1ccc(C(C)N(C)C(=O)CCl)cc1OC. The highest BCUT2D eigenvalue weighted by Gasteiger charge is 2.17. The van der Waals surface area contributed by atoms with Gasteiger partial charge >= 0.3 is 0 Å². The highest BCUT2D eigenvalue weighted by molar-refractivity contribution is 6.27. The summed E-state index contributed by atoms with van der Waals surface area (Å²) in [4.78, 5) is 13.1. The van der Waals surface area contributed by atoms with Crippen LogP contribution in [0.3, 0.4) is 0 Å². The minimum absolute atomic E-state index is 0.0197. The Bertz CT molecular complexity index is 423. The molecule has 0 radical (unpaired) electrons. The van der Waals surface area contributed by atoms with Gasteiger partial charge < -0.3 is 14.4 Å². The van der Waals surface area contributed by atoms with Crippen molar-refractivity contribution in [1.29, 1.82) is 0 Å². The van der Waals surface area contributed by atoms with Crippen LogP contribution in [0.25, 0.3) is 0 Å². The van der Waals surface area contributed by atoms with E-state index in [1.54, 1.807) is 26.2 Å². The first kappa shape index (κ1) is 14.6. The molecule has 0 heterocycles. The van der Waals surface area contributed by atoms with Gasteiger partial charge in [-0.05, 0) is 24.6 Å². The van der Waals surface area contributed by atoms with E-state index in [4.69, 9.17) is 21.1 Å². The maximum absolute atomic E-state index is 11.5. The number of alkyl halides is 1. The lowest BCUT2D eigenvalue weighted by molar-refractivity contribution is -0.129. The van der Waals surface area contributed by atoms with E-state index >= 15 is 0 Å². The van der Waals surface area contributed by atoms with Crippen LogP contribution in [0, 0.1) is 0 Å². The fourth-order valence-corrected chi connectivity index (χ4v) is 1.84. The van der Waals surface area contributed by atoms with Gasteiger partial charge in [0.25, 0.3) is 0 Å². The Morgan fingerprint density at radius 2 is 1.94 bits per heavy atom. The standard InChI is InChI=1S/C13H18ClNO3/c1-9(15(2)13(16)8-14)10-5-6-11(17-3)12(7-10)18-4/h5-7,9H,8H2,1-4H3. The third-order valence-corrected chi connectivity index (χ3v) is 3.21. The van der Waals surface area contributed by atoms with E-state index in [1.807, 2.05) is 25.1 Å². The summed E-state index contributed by atoms with van der Waals surface area (Å²) in [7, 11) is 4.90. The average Bonchev–Trinajstić information content (AvgIpc) is 2.43. The second-order valence-corrected chi connectivity index (χ2v) is 4.20. The third-order valence-electron chi connectivity index (χ3n) is 2.98. The number of carbonyl (C=O) groups excluding carboxylic acids is 1. The van der Waals surface area contributed by atoms with Crippen LogP contribution < -0.4 is 9.47 Å². The summed E-state index contributed by atoms with van der Waals surface area (Å²) >= 11 is 5.55. The summed E-state index contributed by atoms with van der Waals surface area (Å²) in [5.74, 6) is 1.18. The number of ether oxygens (including phenoxy) is 2. The van der Waals surface area contributed by atoms with Gasteiger partial charge in [0.2, 0.25) is 5.91 Å². The molecule has 0 saturated heterocycles. The van der Waals surface area contributed by atoms with Crippen molar-refractivity contribution >= 4 is 17.5 Å². The van der Waals surface area contributed by atoms with Crippen molar-refractivity contribution in [3.63, 3.8) is 0 Å². The van der Waals surface area contributed by atoms with E-state index in [-0.39, 0.29) is 17.8 Å². The molecule has 5 heteroatoms. The molecule has 1 atom stereocenters. The molecule has 0 spiro atoms. The number of nitrogens with zero attached hydrogens (tertiary/aromatic N) is 1. The molecule has 4 nitrogen and oxygen atoms in total. The van der Waals surface area contributed by atoms with Crippen molar-refractivity contribution in [2.45, 2.75) is 13.0 Å². The molecule has 0 aromatic heterocycles. The van der Waals surface area contributed by atoms with Crippen LogP contribution in [0.4, 0.5) is 0 Å². The monoisotopic (exact) mass is 271 g/mol. The van der Waals surface area contributed by atoms with Crippen molar-refractivity contribution in [1.82, 2.24) is 4.90 Å². The average molecular weight is 272 g/mol. The number of methoxy groups -OCH3 is 2. The Hall–Kier alpha value is -1.42. The van der Waals surface area contributed by atoms with E-state index in [1.165, 1.54) is 0 Å². The number of carbonyl (C=O) groups is 1. The summed E-state index contributed by atoms with van der Waals surface area (Å²) in [6, 6.07) is 5.52.